The molecule has 3 N–H and O–H groups in total. The summed E-state index contributed by atoms with van der Waals surface area (Å²) >= 11 is 0. The van der Waals surface area contributed by atoms with Crippen LogP contribution in [0.15, 0.2) is 11.1 Å². The molecule has 20 heavy (non-hydrogen) atoms. The first-order chi connectivity index (χ1) is 9.75. The van der Waals surface area contributed by atoms with E-state index in [2.05, 4.69) is 19.8 Å². The first kappa shape index (κ1) is 13.4. The fourth-order valence-electron chi connectivity index (χ4n) is 3.38. The Kier molecular flexibility index (Phi) is 3.91. The number of hydrogen-bond donors (Lipinski definition) is 2. The van der Waals surface area contributed by atoms with Crippen molar-refractivity contribution in [2.24, 2.45) is 0 Å². The molecule has 3 heterocycles. The van der Waals surface area contributed by atoms with Gasteiger partial charge in [-0.05, 0) is 38.8 Å². The van der Waals surface area contributed by atoms with E-state index in [0.29, 0.717) is 11.9 Å². The Labute approximate surface area is 119 Å². The fraction of sp³-hybridized carbons (Fsp3) is 0.714. The van der Waals surface area contributed by atoms with Crippen molar-refractivity contribution in [1.82, 2.24) is 14.9 Å². The summed E-state index contributed by atoms with van der Waals surface area (Å²) in [6.45, 7) is 4.36. The Bertz CT molecular complexity index is 501. The van der Waals surface area contributed by atoms with Gasteiger partial charge in [-0.15, -0.1) is 0 Å². The molecule has 0 amide bonds. The van der Waals surface area contributed by atoms with Gasteiger partial charge in [-0.25, -0.2) is 4.98 Å². The fourth-order valence-corrected chi connectivity index (χ4v) is 3.38. The lowest BCUT2D eigenvalue weighted by atomic mass is 10.00. The molecular formula is C14H23N5O. The second-order valence-corrected chi connectivity index (χ2v) is 5.78. The van der Waals surface area contributed by atoms with Gasteiger partial charge in [0.05, 0.1) is 6.33 Å². The number of aromatic amines is 1. The molecule has 0 saturated carbocycles. The molecule has 6 heteroatoms. The molecule has 110 valence electrons. The van der Waals surface area contributed by atoms with Gasteiger partial charge >= 0.3 is 0 Å². The van der Waals surface area contributed by atoms with Crippen molar-refractivity contribution in [3.63, 3.8) is 0 Å². The monoisotopic (exact) mass is 277 g/mol. The van der Waals surface area contributed by atoms with Crippen molar-refractivity contribution in [2.45, 2.75) is 38.1 Å². The molecule has 0 radical (unpaired) electrons. The molecule has 1 aromatic rings. The van der Waals surface area contributed by atoms with Crippen LogP contribution in [0, 0.1) is 0 Å². The molecule has 2 aliphatic rings. The minimum atomic E-state index is -0.242. The van der Waals surface area contributed by atoms with E-state index in [1.807, 2.05) is 0 Å². The highest BCUT2D eigenvalue weighted by atomic mass is 16.1. The van der Waals surface area contributed by atoms with E-state index in [1.165, 1.54) is 38.7 Å². The quantitative estimate of drug-likeness (QED) is 0.836. The highest BCUT2D eigenvalue weighted by Crippen LogP contribution is 2.24. The van der Waals surface area contributed by atoms with Gasteiger partial charge in [-0.2, -0.15) is 0 Å². The average Bonchev–Trinajstić information content (AvgIpc) is 2.51. The third-order valence-electron chi connectivity index (χ3n) is 4.54. The lowest BCUT2D eigenvalue weighted by molar-refractivity contribution is 0.141. The molecule has 0 spiro atoms. The Morgan fingerprint density at radius 2 is 1.85 bits per heavy atom. The van der Waals surface area contributed by atoms with E-state index in [9.17, 15) is 4.79 Å². The van der Waals surface area contributed by atoms with Gasteiger partial charge in [0, 0.05) is 19.1 Å². The number of anilines is 2. The first-order valence-electron chi connectivity index (χ1n) is 7.58. The molecule has 2 fully saturated rings. The highest BCUT2D eigenvalue weighted by Gasteiger charge is 2.27. The predicted molar refractivity (Wildman–Crippen MR) is 79.9 cm³/mol. The van der Waals surface area contributed by atoms with Crippen LogP contribution in [-0.4, -0.2) is 47.1 Å². The minimum absolute atomic E-state index is 0.240. The normalized spacial score (nSPS) is 22.1. The van der Waals surface area contributed by atoms with E-state index in [4.69, 9.17) is 5.73 Å². The molecule has 1 aromatic heterocycles. The van der Waals surface area contributed by atoms with Crippen LogP contribution in [0.5, 0.6) is 0 Å². The van der Waals surface area contributed by atoms with Crippen LogP contribution < -0.4 is 16.2 Å². The number of nitrogens with zero attached hydrogens (tertiary/aromatic N) is 3. The number of nitrogen functional groups attached to an aromatic ring is 1. The van der Waals surface area contributed by atoms with Gasteiger partial charge in [0.1, 0.15) is 5.69 Å². The van der Waals surface area contributed by atoms with E-state index in [0.717, 1.165) is 25.9 Å². The molecule has 2 aliphatic heterocycles. The number of nitrogens with two attached hydrogens (primary N) is 1. The summed E-state index contributed by atoms with van der Waals surface area (Å²) in [6, 6.07) is 0.690. The maximum Gasteiger partial charge on any atom is 0.276 e. The summed E-state index contributed by atoms with van der Waals surface area (Å²) in [5, 5.41) is 0. The molecule has 0 atom stereocenters. The zero-order valence-electron chi connectivity index (χ0n) is 11.8. The van der Waals surface area contributed by atoms with Crippen LogP contribution >= 0.6 is 0 Å². The number of H-pyrrole nitrogens is 1. The Morgan fingerprint density at radius 3 is 2.55 bits per heavy atom. The van der Waals surface area contributed by atoms with Crippen molar-refractivity contribution in [2.75, 3.05) is 36.8 Å². The molecule has 6 nitrogen and oxygen atoms in total. The summed E-state index contributed by atoms with van der Waals surface area (Å²) in [7, 11) is 0. The van der Waals surface area contributed by atoms with E-state index >= 15 is 0 Å². The van der Waals surface area contributed by atoms with E-state index in [-0.39, 0.29) is 11.2 Å². The topological polar surface area (TPSA) is 78.2 Å². The van der Waals surface area contributed by atoms with Crippen LogP contribution in [0.1, 0.15) is 32.1 Å². The van der Waals surface area contributed by atoms with Gasteiger partial charge in [-0.3, -0.25) is 4.79 Å². The third kappa shape index (κ3) is 2.65. The first-order valence-corrected chi connectivity index (χ1v) is 7.58. The SMILES string of the molecule is Nc1c(N2CCC(N3CCCCC3)CC2)nc[nH]c1=O. The Balaban J connectivity index is 1.63. The van der Waals surface area contributed by atoms with Gasteiger partial charge in [0.25, 0.3) is 5.56 Å². The summed E-state index contributed by atoms with van der Waals surface area (Å²) in [6.07, 6.45) is 7.75. The Hall–Kier alpha value is -1.56. The van der Waals surface area contributed by atoms with Crippen molar-refractivity contribution in [3.05, 3.63) is 16.7 Å². The number of nitrogens with one attached hydrogen (secondary N) is 1. The highest BCUT2D eigenvalue weighted by molar-refractivity contribution is 5.60. The molecular weight excluding hydrogens is 254 g/mol. The van der Waals surface area contributed by atoms with E-state index in [1.54, 1.807) is 0 Å². The maximum atomic E-state index is 11.5. The predicted octanol–water partition coefficient (Wildman–Crippen LogP) is 0.807. The van der Waals surface area contributed by atoms with E-state index < -0.39 is 0 Å². The number of rotatable bonds is 2. The molecule has 2 saturated heterocycles. The number of piperidine rings is 2. The number of aromatic nitrogens is 2. The van der Waals surface area contributed by atoms with Gasteiger partial charge in [-0.1, -0.05) is 6.42 Å². The average molecular weight is 277 g/mol. The van der Waals surface area contributed by atoms with Gasteiger partial charge < -0.3 is 20.5 Å². The van der Waals surface area contributed by atoms with Crippen LogP contribution in [-0.2, 0) is 0 Å². The standard InChI is InChI=1S/C14H23N5O/c15-12-13(16-10-17-14(12)20)19-8-4-11(5-9-19)18-6-2-1-3-7-18/h10-11H,1-9,15H2,(H,16,17,20). The smallest absolute Gasteiger partial charge is 0.276 e. The zero-order chi connectivity index (χ0) is 13.9. The van der Waals surface area contributed by atoms with Crippen LogP contribution in [0.25, 0.3) is 0 Å². The second kappa shape index (κ2) is 5.83. The van der Waals surface area contributed by atoms with Crippen LogP contribution in [0.3, 0.4) is 0 Å². The maximum absolute atomic E-state index is 11.5. The van der Waals surface area contributed by atoms with Crippen molar-refractivity contribution >= 4 is 11.5 Å². The van der Waals surface area contributed by atoms with Crippen LogP contribution in [0.2, 0.25) is 0 Å². The van der Waals surface area contributed by atoms with Crippen molar-refractivity contribution in [3.8, 4) is 0 Å². The van der Waals surface area contributed by atoms with Gasteiger partial charge in [0.2, 0.25) is 0 Å². The number of likely N-dealkylation sites (tertiary alicyclic amines) is 1. The third-order valence-corrected chi connectivity index (χ3v) is 4.54. The molecule has 3 rings (SSSR count). The van der Waals surface area contributed by atoms with Crippen LogP contribution in [0.4, 0.5) is 11.5 Å². The summed E-state index contributed by atoms with van der Waals surface area (Å²) in [4.78, 5) is 23.1. The summed E-state index contributed by atoms with van der Waals surface area (Å²) in [5.74, 6) is 0.644. The van der Waals surface area contributed by atoms with Crippen molar-refractivity contribution in [1.29, 1.82) is 0 Å². The number of hydrogen-bond acceptors (Lipinski definition) is 5. The lowest BCUT2D eigenvalue weighted by Crippen LogP contribution is -2.47. The molecule has 0 aromatic carbocycles. The van der Waals surface area contributed by atoms with Crippen molar-refractivity contribution < 1.29 is 0 Å². The Morgan fingerprint density at radius 1 is 1.15 bits per heavy atom. The second-order valence-electron chi connectivity index (χ2n) is 5.78. The van der Waals surface area contributed by atoms with Gasteiger partial charge in [0.15, 0.2) is 5.82 Å². The zero-order valence-corrected chi connectivity index (χ0v) is 11.8. The largest absolute Gasteiger partial charge is 0.391 e. The summed E-state index contributed by atoms with van der Waals surface area (Å²) < 4.78 is 0. The molecule has 0 bridgehead atoms. The summed E-state index contributed by atoms with van der Waals surface area (Å²) in [5.41, 5.74) is 5.83. The lowest BCUT2D eigenvalue weighted by Gasteiger charge is -2.40. The molecule has 0 aliphatic carbocycles. The minimum Gasteiger partial charge on any atom is -0.391 e. The molecule has 0 unspecified atom stereocenters.